The first-order valence-corrected chi connectivity index (χ1v) is 13.6. The molecular formula is C30H29N3O7S. The Bertz CT molecular complexity index is 1440. The van der Waals surface area contributed by atoms with E-state index in [2.05, 4.69) is 10.3 Å². The van der Waals surface area contributed by atoms with Gasteiger partial charge < -0.3 is 19.5 Å². The summed E-state index contributed by atoms with van der Waals surface area (Å²) in [6, 6.07) is 20.1. The molecule has 0 spiro atoms. The Morgan fingerprint density at radius 1 is 0.927 bits per heavy atom. The lowest BCUT2D eigenvalue weighted by Gasteiger charge is -2.32. The Hall–Kier alpha value is -4.64. The van der Waals surface area contributed by atoms with Crippen LogP contribution in [0.2, 0.25) is 0 Å². The smallest absolute Gasteiger partial charge is 0.338 e. The SMILES string of the molecule is CCOC(=O)c1ccc(N=C2S[C@H](C(=O)Nc3ccc(C(=O)OC)cc3)CC(=O)N2Cc2ccc(OC)cc2)cc1. The van der Waals surface area contributed by atoms with E-state index in [1.807, 2.05) is 24.3 Å². The number of thioether (sulfide) groups is 1. The molecule has 212 valence electrons. The highest BCUT2D eigenvalue weighted by molar-refractivity contribution is 8.15. The molecule has 4 rings (SSSR count). The topological polar surface area (TPSA) is 124 Å². The van der Waals surface area contributed by atoms with Crippen LogP contribution in [0.1, 0.15) is 39.6 Å². The number of methoxy groups -OCH3 is 2. The second-order valence-electron chi connectivity index (χ2n) is 8.86. The van der Waals surface area contributed by atoms with Gasteiger partial charge in [-0.05, 0) is 73.2 Å². The molecule has 0 bridgehead atoms. The molecule has 0 aliphatic carbocycles. The van der Waals surface area contributed by atoms with Crippen molar-refractivity contribution in [1.82, 2.24) is 4.90 Å². The summed E-state index contributed by atoms with van der Waals surface area (Å²) in [5.74, 6) is -0.859. The summed E-state index contributed by atoms with van der Waals surface area (Å²) < 4.78 is 15.0. The Morgan fingerprint density at radius 2 is 1.56 bits per heavy atom. The van der Waals surface area contributed by atoms with Crippen molar-refractivity contribution in [3.8, 4) is 5.75 Å². The van der Waals surface area contributed by atoms with Gasteiger partial charge in [0.25, 0.3) is 0 Å². The molecule has 1 aliphatic rings. The number of carbonyl (C=O) groups is 4. The second-order valence-corrected chi connectivity index (χ2v) is 10.0. The van der Waals surface area contributed by atoms with Crippen LogP contribution in [0.5, 0.6) is 5.75 Å². The number of aliphatic imine (C=N–C) groups is 1. The lowest BCUT2D eigenvalue weighted by atomic mass is 10.1. The maximum absolute atomic E-state index is 13.4. The molecule has 1 fully saturated rings. The van der Waals surface area contributed by atoms with Gasteiger partial charge in [-0.25, -0.2) is 14.6 Å². The van der Waals surface area contributed by atoms with E-state index in [0.717, 1.165) is 5.56 Å². The first-order chi connectivity index (χ1) is 19.8. The van der Waals surface area contributed by atoms with Crippen LogP contribution in [0.15, 0.2) is 77.8 Å². The van der Waals surface area contributed by atoms with E-state index in [1.54, 1.807) is 67.5 Å². The van der Waals surface area contributed by atoms with Gasteiger partial charge in [0.05, 0.1) is 44.2 Å². The van der Waals surface area contributed by atoms with Crippen molar-refractivity contribution in [3.05, 3.63) is 89.5 Å². The van der Waals surface area contributed by atoms with E-state index in [-0.39, 0.29) is 31.4 Å². The lowest BCUT2D eigenvalue weighted by molar-refractivity contribution is -0.129. The Labute approximate surface area is 241 Å². The Morgan fingerprint density at radius 3 is 2.17 bits per heavy atom. The second kappa shape index (κ2) is 13.6. The standard InChI is InChI=1S/C30H29N3O7S/c1-4-40-29(37)21-9-13-23(14-10-21)32-30-33(18-19-5-15-24(38-2)16-6-19)26(34)17-25(41-30)27(35)31-22-11-7-20(8-12-22)28(36)39-3/h5-16,25H,4,17-18H2,1-3H3,(H,31,35)/t25-/m0/s1. The van der Waals surface area contributed by atoms with Crippen molar-refractivity contribution in [2.75, 3.05) is 26.1 Å². The van der Waals surface area contributed by atoms with Crippen molar-refractivity contribution >= 4 is 52.1 Å². The maximum Gasteiger partial charge on any atom is 0.338 e. The number of rotatable bonds is 9. The number of carbonyl (C=O) groups excluding carboxylic acids is 4. The highest BCUT2D eigenvalue weighted by Crippen LogP contribution is 2.31. The van der Waals surface area contributed by atoms with Crippen molar-refractivity contribution in [2.24, 2.45) is 4.99 Å². The summed E-state index contributed by atoms with van der Waals surface area (Å²) >= 11 is 1.18. The average Bonchev–Trinajstić information content (AvgIpc) is 2.99. The van der Waals surface area contributed by atoms with Crippen molar-refractivity contribution in [1.29, 1.82) is 0 Å². The van der Waals surface area contributed by atoms with E-state index in [1.165, 1.54) is 18.9 Å². The average molecular weight is 576 g/mol. The molecule has 3 aromatic carbocycles. The first kappa shape index (κ1) is 29.3. The summed E-state index contributed by atoms with van der Waals surface area (Å²) in [6.45, 7) is 2.25. The molecule has 10 nitrogen and oxygen atoms in total. The highest BCUT2D eigenvalue weighted by Gasteiger charge is 2.36. The molecule has 0 unspecified atom stereocenters. The van der Waals surface area contributed by atoms with E-state index >= 15 is 0 Å². The summed E-state index contributed by atoms with van der Waals surface area (Å²) in [5, 5.41) is 2.41. The molecule has 41 heavy (non-hydrogen) atoms. The third-order valence-electron chi connectivity index (χ3n) is 6.11. The lowest BCUT2D eigenvalue weighted by Crippen LogP contribution is -2.44. The summed E-state index contributed by atoms with van der Waals surface area (Å²) in [7, 11) is 2.87. The number of nitrogens with zero attached hydrogens (tertiary/aromatic N) is 2. The number of hydrogen-bond donors (Lipinski definition) is 1. The van der Waals surface area contributed by atoms with E-state index in [9.17, 15) is 19.2 Å². The molecule has 1 saturated heterocycles. The number of nitrogens with one attached hydrogen (secondary N) is 1. The Balaban J connectivity index is 1.57. The zero-order valence-electron chi connectivity index (χ0n) is 22.8. The molecule has 11 heteroatoms. The maximum atomic E-state index is 13.4. The first-order valence-electron chi connectivity index (χ1n) is 12.8. The number of anilines is 1. The summed E-state index contributed by atoms with van der Waals surface area (Å²) in [4.78, 5) is 56.5. The fourth-order valence-electron chi connectivity index (χ4n) is 3.94. The van der Waals surface area contributed by atoms with Gasteiger partial charge in [0.2, 0.25) is 11.8 Å². The third-order valence-corrected chi connectivity index (χ3v) is 7.30. The predicted molar refractivity (Wildman–Crippen MR) is 155 cm³/mol. The molecule has 1 heterocycles. The molecule has 1 atom stereocenters. The number of hydrogen-bond acceptors (Lipinski definition) is 9. The summed E-state index contributed by atoms with van der Waals surface area (Å²) in [5.41, 5.74) is 2.58. The van der Waals surface area contributed by atoms with Gasteiger partial charge in [0.15, 0.2) is 5.17 Å². The Kier molecular flexibility index (Phi) is 9.75. The fourth-order valence-corrected chi connectivity index (χ4v) is 5.04. The minimum Gasteiger partial charge on any atom is -0.497 e. The molecule has 0 saturated carbocycles. The van der Waals surface area contributed by atoms with Gasteiger partial charge in [-0.15, -0.1) is 0 Å². The number of amides is 2. The zero-order valence-corrected chi connectivity index (χ0v) is 23.6. The van der Waals surface area contributed by atoms with Crippen molar-refractivity contribution < 1.29 is 33.4 Å². The third kappa shape index (κ3) is 7.52. The molecular weight excluding hydrogens is 546 g/mol. The quantitative estimate of drug-likeness (QED) is 0.360. The molecule has 0 radical (unpaired) electrons. The van der Waals surface area contributed by atoms with Crippen molar-refractivity contribution in [3.63, 3.8) is 0 Å². The summed E-state index contributed by atoms with van der Waals surface area (Å²) in [6.07, 6.45) is -0.0340. The van der Waals surface area contributed by atoms with Gasteiger partial charge in [-0.2, -0.15) is 0 Å². The minimum absolute atomic E-state index is 0.0340. The number of benzene rings is 3. The van der Waals surface area contributed by atoms with E-state index < -0.39 is 17.2 Å². The monoisotopic (exact) mass is 575 g/mol. The van der Waals surface area contributed by atoms with Crippen LogP contribution in [-0.4, -0.2) is 59.9 Å². The van der Waals surface area contributed by atoms with Gasteiger partial charge >= 0.3 is 11.9 Å². The molecule has 3 aromatic rings. The zero-order chi connectivity index (χ0) is 29.4. The predicted octanol–water partition coefficient (Wildman–Crippen LogP) is 4.82. The van der Waals surface area contributed by atoms with Crippen LogP contribution < -0.4 is 10.1 Å². The van der Waals surface area contributed by atoms with Gasteiger partial charge in [0, 0.05) is 12.1 Å². The number of amidine groups is 1. The van der Waals surface area contributed by atoms with Crippen molar-refractivity contribution in [2.45, 2.75) is 25.1 Å². The van der Waals surface area contributed by atoms with E-state index in [4.69, 9.17) is 14.2 Å². The molecule has 2 amide bonds. The van der Waals surface area contributed by atoms with Gasteiger partial charge in [-0.1, -0.05) is 23.9 Å². The minimum atomic E-state index is -0.743. The molecule has 1 N–H and O–H groups in total. The van der Waals surface area contributed by atoms with Crippen LogP contribution >= 0.6 is 11.8 Å². The molecule has 0 aromatic heterocycles. The van der Waals surface area contributed by atoms with Gasteiger partial charge in [0.1, 0.15) is 11.0 Å². The number of ether oxygens (including phenoxy) is 3. The van der Waals surface area contributed by atoms with E-state index in [0.29, 0.717) is 33.4 Å². The highest BCUT2D eigenvalue weighted by atomic mass is 32.2. The molecule has 1 aliphatic heterocycles. The van der Waals surface area contributed by atoms with Crippen LogP contribution in [-0.2, 0) is 25.6 Å². The van der Waals surface area contributed by atoms with Crippen LogP contribution in [0.25, 0.3) is 0 Å². The number of esters is 2. The largest absolute Gasteiger partial charge is 0.497 e. The normalized spacial score (nSPS) is 15.8. The van der Waals surface area contributed by atoms with Crippen LogP contribution in [0.4, 0.5) is 11.4 Å². The fraction of sp³-hybridized carbons (Fsp3) is 0.233. The van der Waals surface area contributed by atoms with Crippen LogP contribution in [0, 0.1) is 0 Å². The van der Waals surface area contributed by atoms with Crippen LogP contribution in [0.3, 0.4) is 0 Å². The van der Waals surface area contributed by atoms with Gasteiger partial charge in [-0.3, -0.25) is 14.5 Å².